The molecule has 0 heterocycles. The van der Waals surface area contributed by atoms with Gasteiger partial charge < -0.3 is 24.1 Å². The summed E-state index contributed by atoms with van der Waals surface area (Å²) >= 11 is 0. The highest BCUT2D eigenvalue weighted by molar-refractivity contribution is 5.80. The van der Waals surface area contributed by atoms with Crippen molar-refractivity contribution in [3.05, 3.63) is 59.7 Å². The van der Waals surface area contributed by atoms with Gasteiger partial charge in [-0.2, -0.15) is 5.48 Å². The predicted molar refractivity (Wildman–Crippen MR) is 133 cm³/mol. The summed E-state index contributed by atoms with van der Waals surface area (Å²) < 4.78 is 21.1. The Kier molecular flexibility index (Phi) is 12.0. The van der Waals surface area contributed by atoms with Crippen LogP contribution in [0.5, 0.6) is 0 Å². The number of carbonyl (C=O) groups excluding carboxylic acids is 2. The fraction of sp³-hybridized carbons (Fsp3) is 0.444. The second kappa shape index (κ2) is 15.7. The quantitative estimate of drug-likeness (QED) is 0.227. The first kappa shape index (κ1) is 28.3. The number of carbonyl (C=O) groups is 3. The fourth-order valence-corrected chi connectivity index (χ4v) is 3.95. The Morgan fingerprint density at radius 1 is 0.757 bits per heavy atom. The number of ketones is 1. The first-order valence-electron chi connectivity index (χ1n) is 12.3. The number of benzene rings is 2. The van der Waals surface area contributed by atoms with Crippen LogP contribution in [-0.2, 0) is 33.4 Å². The maximum absolute atomic E-state index is 12.1. The number of rotatable bonds is 18. The monoisotopic (exact) mass is 515 g/mol. The van der Waals surface area contributed by atoms with Gasteiger partial charge in [-0.3, -0.25) is 14.4 Å². The number of Topliss-reactive ketones (excluding diaryl/α,β-unsaturated/α-hetero) is 1. The number of fused-ring (bicyclic) bond motifs is 3. The SMILES string of the molecule is O=C(O)CCOCCOCCOCCCC(=O)CONC(=O)OCC1c2ccccc2-c2ccccc21. The topological polar surface area (TPSA) is 130 Å². The summed E-state index contributed by atoms with van der Waals surface area (Å²) in [5, 5.41) is 8.48. The molecule has 200 valence electrons. The number of hydrogen-bond donors (Lipinski definition) is 2. The van der Waals surface area contributed by atoms with Crippen molar-refractivity contribution in [2.45, 2.75) is 25.2 Å². The maximum atomic E-state index is 12.1. The summed E-state index contributed by atoms with van der Waals surface area (Å²) in [4.78, 5) is 39.3. The van der Waals surface area contributed by atoms with Crippen molar-refractivity contribution in [1.82, 2.24) is 5.48 Å². The van der Waals surface area contributed by atoms with Gasteiger partial charge in [0.15, 0.2) is 5.78 Å². The first-order chi connectivity index (χ1) is 18.1. The van der Waals surface area contributed by atoms with Gasteiger partial charge in [0.2, 0.25) is 0 Å². The van der Waals surface area contributed by atoms with Crippen LogP contribution in [0.4, 0.5) is 4.79 Å². The smallest absolute Gasteiger partial charge is 0.431 e. The molecule has 3 rings (SSSR count). The second-order valence-corrected chi connectivity index (χ2v) is 8.34. The van der Waals surface area contributed by atoms with Gasteiger partial charge in [-0.25, -0.2) is 4.79 Å². The third kappa shape index (κ3) is 9.58. The zero-order chi connectivity index (χ0) is 26.3. The van der Waals surface area contributed by atoms with Gasteiger partial charge in [0.1, 0.15) is 13.2 Å². The molecule has 0 unspecified atom stereocenters. The van der Waals surface area contributed by atoms with Gasteiger partial charge in [0.25, 0.3) is 0 Å². The summed E-state index contributed by atoms with van der Waals surface area (Å²) in [6.07, 6.45) is -0.000645. The molecule has 10 nitrogen and oxygen atoms in total. The summed E-state index contributed by atoms with van der Waals surface area (Å²) in [5.41, 5.74) is 6.68. The highest BCUT2D eigenvalue weighted by atomic mass is 16.7. The number of ether oxygens (including phenoxy) is 4. The Labute approximate surface area is 215 Å². The third-order valence-corrected chi connectivity index (χ3v) is 5.68. The normalized spacial score (nSPS) is 12.1. The zero-order valence-corrected chi connectivity index (χ0v) is 20.7. The van der Waals surface area contributed by atoms with Crippen molar-refractivity contribution in [3.63, 3.8) is 0 Å². The van der Waals surface area contributed by atoms with E-state index in [1.54, 1.807) is 0 Å². The van der Waals surface area contributed by atoms with Crippen LogP contribution in [0.2, 0.25) is 0 Å². The largest absolute Gasteiger partial charge is 0.481 e. The summed E-state index contributed by atoms with van der Waals surface area (Å²) in [6, 6.07) is 16.1. The van der Waals surface area contributed by atoms with Crippen molar-refractivity contribution in [1.29, 1.82) is 0 Å². The number of nitrogens with one attached hydrogen (secondary N) is 1. The van der Waals surface area contributed by atoms with Crippen LogP contribution in [0.3, 0.4) is 0 Å². The fourth-order valence-electron chi connectivity index (χ4n) is 3.95. The van der Waals surface area contributed by atoms with E-state index in [-0.39, 0.29) is 44.4 Å². The predicted octanol–water partition coefficient (Wildman–Crippen LogP) is 3.33. The number of amides is 1. The van der Waals surface area contributed by atoms with Crippen molar-refractivity contribution < 1.29 is 43.3 Å². The molecule has 0 radical (unpaired) electrons. The lowest BCUT2D eigenvalue weighted by atomic mass is 9.98. The molecule has 10 heteroatoms. The Morgan fingerprint density at radius 2 is 1.32 bits per heavy atom. The highest BCUT2D eigenvalue weighted by Gasteiger charge is 2.29. The number of aliphatic carboxylic acids is 1. The molecular weight excluding hydrogens is 482 g/mol. The van der Waals surface area contributed by atoms with E-state index < -0.39 is 12.1 Å². The van der Waals surface area contributed by atoms with Gasteiger partial charge >= 0.3 is 12.1 Å². The highest BCUT2D eigenvalue weighted by Crippen LogP contribution is 2.44. The lowest BCUT2D eigenvalue weighted by Crippen LogP contribution is -2.28. The summed E-state index contributed by atoms with van der Waals surface area (Å²) in [6.45, 7) is 1.90. The summed E-state index contributed by atoms with van der Waals surface area (Å²) in [7, 11) is 0. The first-order valence-corrected chi connectivity index (χ1v) is 12.3. The minimum Gasteiger partial charge on any atom is -0.481 e. The Morgan fingerprint density at radius 3 is 1.95 bits per heavy atom. The van der Waals surface area contributed by atoms with Crippen molar-refractivity contribution in [2.24, 2.45) is 0 Å². The molecule has 0 atom stereocenters. The van der Waals surface area contributed by atoms with E-state index in [9.17, 15) is 14.4 Å². The average Bonchev–Trinajstić information content (AvgIpc) is 3.21. The molecule has 0 aliphatic heterocycles. The van der Waals surface area contributed by atoms with E-state index in [0.29, 0.717) is 39.5 Å². The molecule has 37 heavy (non-hydrogen) atoms. The van der Waals surface area contributed by atoms with E-state index in [1.165, 1.54) is 0 Å². The summed E-state index contributed by atoms with van der Waals surface area (Å²) in [5.74, 6) is -1.12. The van der Waals surface area contributed by atoms with Crippen LogP contribution in [-0.4, -0.2) is 75.8 Å². The number of hydroxylamine groups is 1. The minimum absolute atomic E-state index is 0.0294. The van der Waals surface area contributed by atoms with Gasteiger partial charge in [-0.1, -0.05) is 48.5 Å². The van der Waals surface area contributed by atoms with E-state index in [2.05, 4.69) is 17.6 Å². The zero-order valence-electron chi connectivity index (χ0n) is 20.7. The second-order valence-electron chi connectivity index (χ2n) is 8.34. The van der Waals surface area contributed by atoms with Gasteiger partial charge in [-0.05, 0) is 28.7 Å². The van der Waals surface area contributed by atoms with Crippen molar-refractivity contribution >= 4 is 17.8 Å². The Bertz CT molecular complexity index is 981. The molecule has 2 N–H and O–H groups in total. The van der Waals surface area contributed by atoms with Crippen LogP contribution >= 0.6 is 0 Å². The molecule has 0 saturated heterocycles. The van der Waals surface area contributed by atoms with Crippen LogP contribution in [0.25, 0.3) is 11.1 Å². The molecule has 0 spiro atoms. The standard InChI is InChI=1S/C27H33NO9/c29-20(6-5-12-33-14-16-35-17-15-34-13-11-26(30)31)18-37-28-27(32)36-19-25-23-9-3-1-7-21(23)22-8-2-4-10-24(22)25/h1-4,7-10,25H,5-6,11-19H2,(H,28,32)(H,30,31). The van der Waals surface area contributed by atoms with Crippen LogP contribution in [0, 0.1) is 0 Å². The molecule has 2 aromatic rings. The lowest BCUT2D eigenvalue weighted by molar-refractivity contribution is -0.138. The average molecular weight is 516 g/mol. The third-order valence-electron chi connectivity index (χ3n) is 5.68. The van der Waals surface area contributed by atoms with E-state index >= 15 is 0 Å². The van der Waals surface area contributed by atoms with E-state index in [4.69, 9.17) is 28.9 Å². The molecule has 2 aromatic carbocycles. The molecule has 1 amide bonds. The van der Waals surface area contributed by atoms with Crippen molar-refractivity contribution in [2.75, 3.05) is 52.9 Å². The van der Waals surface area contributed by atoms with Crippen molar-refractivity contribution in [3.8, 4) is 11.1 Å². The van der Waals surface area contributed by atoms with Crippen LogP contribution in [0.1, 0.15) is 36.3 Å². The number of hydrogen-bond acceptors (Lipinski definition) is 8. The molecule has 1 aliphatic carbocycles. The van der Waals surface area contributed by atoms with E-state index in [1.807, 2.05) is 36.4 Å². The number of carboxylic acid groups (broad SMARTS) is 1. The number of carboxylic acids is 1. The van der Waals surface area contributed by atoms with Crippen LogP contribution in [0.15, 0.2) is 48.5 Å². The van der Waals surface area contributed by atoms with Gasteiger partial charge in [0, 0.05) is 18.9 Å². The van der Waals surface area contributed by atoms with Gasteiger partial charge in [-0.15, -0.1) is 0 Å². The molecule has 1 aliphatic rings. The van der Waals surface area contributed by atoms with E-state index in [0.717, 1.165) is 22.3 Å². The molecular formula is C27H33NO9. The minimum atomic E-state index is -0.897. The molecule has 0 aromatic heterocycles. The molecule has 0 bridgehead atoms. The maximum Gasteiger partial charge on any atom is 0.431 e. The molecule has 0 saturated carbocycles. The van der Waals surface area contributed by atoms with Crippen LogP contribution < -0.4 is 5.48 Å². The Balaban J connectivity index is 1.19. The Hall–Kier alpha value is -3.31. The van der Waals surface area contributed by atoms with Gasteiger partial charge in [0.05, 0.1) is 39.5 Å². The lowest BCUT2D eigenvalue weighted by Gasteiger charge is -2.14. The molecule has 0 fully saturated rings.